The molecule has 2 aromatic rings. The van der Waals surface area contributed by atoms with Gasteiger partial charge in [-0.25, -0.2) is 13.2 Å². The van der Waals surface area contributed by atoms with Crippen molar-refractivity contribution in [1.82, 2.24) is 9.29 Å². The average molecular weight is 403 g/mol. The van der Waals surface area contributed by atoms with E-state index < -0.39 is 16.0 Å². The van der Waals surface area contributed by atoms with E-state index in [-0.39, 0.29) is 16.4 Å². The topological polar surface area (TPSA) is 87.6 Å². The van der Waals surface area contributed by atoms with Gasteiger partial charge in [-0.15, -0.1) is 0 Å². The molecule has 0 bridgehead atoms. The fourth-order valence-corrected chi connectivity index (χ4v) is 5.97. The van der Waals surface area contributed by atoms with Gasteiger partial charge in [0.25, 0.3) is 0 Å². The Morgan fingerprint density at radius 2 is 1.68 bits per heavy atom. The largest absolute Gasteiger partial charge is 0.478 e. The molecule has 0 radical (unpaired) electrons. The molecular weight excluding hydrogens is 376 g/mol. The van der Waals surface area contributed by atoms with Crippen LogP contribution >= 0.6 is 0 Å². The minimum atomic E-state index is -3.61. The Balaban J connectivity index is 1.78. The third-order valence-electron chi connectivity index (χ3n) is 6.01. The number of aromatic carboxylic acids is 1. The summed E-state index contributed by atoms with van der Waals surface area (Å²) in [6, 6.07) is 6.36. The molecule has 1 aliphatic carbocycles. The van der Waals surface area contributed by atoms with Gasteiger partial charge in [-0.2, -0.15) is 4.31 Å². The average Bonchev–Trinajstić information content (AvgIpc) is 2.73. The molecule has 0 spiro atoms. The van der Waals surface area contributed by atoms with Crippen LogP contribution in [0, 0.1) is 0 Å². The highest BCUT2D eigenvalue weighted by Gasteiger charge is 2.27. The smallest absolute Gasteiger partial charge is 0.336 e. The molecule has 1 aromatic heterocycles. The Labute approximate surface area is 165 Å². The number of piperidine rings is 1. The van der Waals surface area contributed by atoms with E-state index in [1.807, 2.05) is 0 Å². The molecule has 4 rings (SSSR count). The van der Waals surface area contributed by atoms with E-state index in [9.17, 15) is 18.3 Å². The minimum Gasteiger partial charge on any atom is -0.478 e. The lowest BCUT2D eigenvalue weighted by Crippen LogP contribution is -2.35. The molecule has 1 N–H and O–H groups in total. The maximum absolute atomic E-state index is 13.0. The van der Waals surface area contributed by atoms with E-state index in [0.29, 0.717) is 24.0 Å². The van der Waals surface area contributed by atoms with E-state index in [1.54, 1.807) is 18.2 Å². The first-order chi connectivity index (χ1) is 13.5. The molecule has 2 heterocycles. The Hall–Kier alpha value is -1.99. The zero-order chi connectivity index (χ0) is 19.7. The minimum absolute atomic E-state index is 0.140. The summed E-state index contributed by atoms with van der Waals surface area (Å²) < 4.78 is 27.5. The monoisotopic (exact) mass is 402 g/mol. The van der Waals surface area contributed by atoms with Crippen LogP contribution in [0.15, 0.2) is 29.2 Å². The molecule has 2 aliphatic rings. The van der Waals surface area contributed by atoms with E-state index >= 15 is 0 Å². The number of rotatable bonds is 4. The van der Waals surface area contributed by atoms with Crippen LogP contribution in [0.3, 0.4) is 0 Å². The van der Waals surface area contributed by atoms with Crippen molar-refractivity contribution in [1.29, 1.82) is 0 Å². The summed E-state index contributed by atoms with van der Waals surface area (Å²) in [7, 11) is -3.61. The first kappa shape index (κ1) is 19.3. The van der Waals surface area contributed by atoms with Crippen LogP contribution in [-0.4, -0.2) is 41.9 Å². The zero-order valence-electron chi connectivity index (χ0n) is 15.9. The van der Waals surface area contributed by atoms with Crippen LogP contribution in [0.25, 0.3) is 10.9 Å². The second-order valence-corrected chi connectivity index (χ2v) is 9.82. The molecular formula is C21H26N2O4S. The summed E-state index contributed by atoms with van der Waals surface area (Å²) in [4.78, 5) is 16.8. The standard InChI is InChI=1S/C21H26N2O4S/c24-21(25)18-14-20(15-7-3-1-4-8-15)22-19-10-9-16(13-17(18)19)28(26,27)23-11-5-2-6-12-23/h9-10,13-15H,1-8,11-12H2,(H,24,25). The van der Waals surface area contributed by atoms with Crippen molar-refractivity contribution in [2.75, 3.05) is 13.1 Å². The van der Waals surface area contributed by atoms with Gasteiger partial charge < -0.3 is 5.11 Å². The number of hydrogen-bond donors (Lipinski definition) is 1. The predicted octanol–water partition coefficient (Wildman–Crippen LogP) is 4.16. The van der Waals surface area contributed by atoms with Crippen molar-refractivity contribution in [3.05, 3.63) is 35.5 Å². The number of carboxylic acids is 1. The molecule has 6 nitrogen and oxygen atoms in total. The highest BCUT2D eigenvalue weighted by Crippen LogP contribution is 2.34. The first-order valence-electron chi connectivity index (χ1n) is 10.1. The molecule has 7 heteroatoms. The summed E-state index contributed by atoms with van der Waals surface area (Å²) in [5.74, 6) is -0.759. The van der Waals surface area contributed by atoms with Crippen LogP contribution < -0.4 is 0 Å². The second-order valence-electron chi connectivity index (χ2n) is 7.88. The first-order valence-corrected chi connectivity index (χ1v) is 11.6. The van der Waals surface area contributed by atoms with Crippen LogP contribution in [0.5, 0.6) is 0 Å². The van der Waals surface area contributed by atoms with Gasteiger partial charge in [-0.05, 0) is 49.9 Å². The molecule has 0 amide bonds. The number of sulfonamides is 1. The van der Waals surface area contributed by atoms with E-state index in [1.165, 1.54) is 16.8 Å². The fraction of sp³-hybridized carbons (Fsp3) is 0.524. The van der Waals surface area contributed by atoms with Crippen molar-refractivity contribution in [3.8, 4) is 0 Å². The van der Waals surface area contributed by atoms with Crippen LogP contribution in [0.1, 0.15) is 73.3 Å². The Morgan fingerprint density at radius 3 is 2.36 bits per heavy atom. The van der Waals surface area contributed by atoms with Gasteiger partial charge in [-0.1, -0.05) is 25.7 Å². The van der Waals surface area contributed by atoms with E-state index in [4.69, 9.17) is 4.98 Å². The number of aromatic nitrogens is 1. The number of nitrogens with zero attached hydrogens (tertiary/aromatic N) is 2. The maximum Gasteiger partial charge on any atom is 0.336 e. The summed E-state index contributed by atoms with van der Waals surface area (Å²) in [6.45, 7) is 1.04. The van der Waals surface area contributed by atoms with Crippen LogP contribution in [-0.2, 0) is 10.0 Å². The predicted molar refractivity (Wildman–Crippen MR) is 107 cm³/mol. The Bertz CT molecular complexity index is 991. The molecule has 0 atom stereocenters. The number of carboxylic acid groups (broad SMARTS) is 1. The highest BCUT2D eigenvalue weighted by atomic mass is 32.2. The Kier molecular flexibility index (Phi) is 5.38. The third-order valence-corrected chi connectivity index (χ3v) is 7.90. The molecule has 1 aliphatic heterocycles. The normalized spacial score (nSPS) is 19.7. The fourth-order valence-electron chi connectivity index (χ4n) is 4.42. The van der Waals surface area contributed by atoms with Gasteiger partial charge in [0.15, 0.2) is 0 Å². The summed E-state index contributed by atoms with van der Waals surface area (Å²) in [5, 5.41) is 10.2. The van der Waals surface area contributed by atoms with Crippen LogP contribution in [0.2, 0.25) is 0 Å². The van der Waals surface area contributed by atoms with Gasteiger partial charge in [0.05, 0.1) is 16.0 Å². The van der Waals surface area contributed by atoms with E-state index in [0.717, 1.165) is 50.6 Å². The SMILES string of the molecule is O=C(O)c1cc(C2CCCCC2)nc2ccc(S(=O)(=O)N3CCCCC3)cc12. The summed E-state index contributed by atoms with van der Waals surface area (Å²) in [6.07, 6.45) is 8.31. The summed E-state index contributed by atoms with van der Waals surface area (Å²) in [5.41, 5.74) is 1.51. The number of carbonyl (C=O) groups is 1. The quantitative estimate of drug-likeness (QED) is 0.830. The van der Waals surface area contributed by atoms with E-state index in [2.05, 4.69) is 0 Å². The molecule has 1 saturated heterocycles. The molecule has 1 aromatic carbocycles. The van der Waals surface area contributed by atoms with Crippen molar-refractivity contribution in [3.63, 3.8) is 0 Å². The second kappa shape index (κ2) is 7.79. The number of benzene rings is 1. The lowest BCUT2D eigenvalue weighted by Gasteiger charge is -2.26. The van der Waals surface area contributed by atoms with Gasteiger partial charge in [0.1, 0.15) is 0 Å². The molecule has 150 valence electrons. The van der Waals surface area contributed by atoms with Gasteiger partial charge >= 0.3 is 5.97 Å². The van der Waals surface area contributed by atoms with Gasteiger partial charge in [-0.3, -0.25) is 4.98 Å². The Morgan fingerprint density at radius 1 is 1.00 bits per heavy atom. The van der Waals surface area contributed by atoms with Gasteiger partial charge in [0, 0.05) is 30.1 Å². The van der Waals surface area contributed by atoms with Crippen molar-refractivity contribution in [2.24, 2.45) is 0 Å². The molecule has 2 fully saturated rings. The molecule has 0 unspecified atom stereocenters. The number of fused-ring (bicyclic) bond motifs is 1. The van der Waals surface area contributed by atoms with Gasteiger partial charge in [0.2, 0.25) is 10.0 Å². The molecule has 1 saturated carbocycles. The van der Waals surface area contributed by atoms with Crippen LogP contribution in [0.4, 0.5) is 0 Å². The van der Waals surface area contributed by atoms with Crippen molar-refractivity contribution in [2.45, 2.75) is 62.2 Å². The lowest BCUT2D eigenvalue weighted by molar-refractivity contribution is 0.0698. The summed E-state index contributed by atoms with van der Waals surface area (Å²) >= 11 is 0. The highest BCUT2D eigenvalue weighted by molar-refractivity contribution is 7.89. The third kappa shape index (κ3) is 3.65. The van der Waals surface area contributed by atoms with Crippen molar-refractivity contribution < 1.29 is 18.3 Å². The lowest BCUT2D eigenvalue weighted by atomic mass is 9.86. The number of hydrogen-bond acceptors (Lipinski definition) is 4. The molecule has 28 heavy (non-hydrogen) atoms. The van der Waals surface area contributed by atoms with Crippen molar-refractivity contribution >= 4 is 26.9 Å². The maximum atomic E-state index is 13.0. The zero-order valence-corrected chi connectivity index (χ0v) is 16.7. The number of pyridine rings is 1.